The predicted octanol–water partition coefficient (Wildman–Crippen LogP) is 4.73. The summed E-state index contributed by atoms with van der Waals surface area (Å²) in [4.78, 5) is 38.9. The molecule has 1 saturated heterocycles. The van der Waals surface area contributed by atoms with Gasteiger partial charge >= 0.3 is 6.03 Å². The number of barbiturate groups is 1. The summed E-state index contributed by atoms with van der Waals surface area (Å²) >= 11 is 5.89. The second kappa shape index (κ2) is 9.76. The van der Waals surface area contributed by atoms with Gasteiger partial charge < -0.3 is 9.47 Å². The molecule has 0 aromatic heterocycles. The lowest BCUT2D eigenvalue weighted by molar-refractivity contribution is -0.122. The van der Waals surface area contributed by atoms with Crippen molar-refractivity contribution in [3.8, 4) is 11.5 Å². The largest absolute Gasteiger partial charge is 0.497 e. The van der Waals surface area contributed by atoms with Gasteiger partial charge in [-0.3, -0.25) is 14.9 Å². The zero-order valence-corrected chi connectivity index (χ0v) is 18.6. The van der Waals surface area contributed by atoms with E-state index in [1.807, 2.05) is 0 Å². The minimum Gasteiger partial charge on any atom is -0.497 e. The zero-order chi connectivity index (χ0) is 24.2. The van der Waals surface area contributed by atoms with Crippen molar-refractivity contribution in [3.63, 3.8) is 0 Å². The van der Waals surface area contributed by atoms with Crippen molar-refractivity contribution in [2.75, 3.05) is 12.0 Å². The molecular formula is C25H18ClFN2O5. The average Bonchev–Trinajstić information content (AvgIpc) is 2.82. The number of hydrogen-bond acceptors (Lipinski definition) is 5. The molecule has 1 N–H and O–H groups in total. The van der Waals surface area contributed by atoms with Gasteiger partial charge in [0.15, 0.2) is 0 Å². The molecule has 0 spiro atoms. The Bertz CT molecular complexity index is 1310. The molecule has 1 aliphatic heterocycles. The highest BCUT2D eigenvalue weighted by atomic mass is 35.5. The molecule has 4 amide bonds. The summed E-state index contributed by atoms with van der Waals surface area (Å²) in [5, 5.41) is 2.59. The van der Waals surface area contributed by atoms with Crippen LogP contribution in [0.3, 0.4) is 0 Å². The summed E-state index contributed by atoms with van der Waals surface area (Å²) in [7, 11) is 1.47. The van der Waals surface area contributed by atoms with Crippen molar-refractivity contribution in [2.24, 2.45) is 0 Å². The number of anilines is 1. The van der Waals surface area contributed by atoms with Gasteiger partial charge in [-0.2, -0.15) is 0 Å². The van der Waals surface area contributed by atoms with Crippen LogP contribution in [0.25, 0.3) is 6.08 Å². The molecule has 1 aliphatic rings. The van der Waals surface area contributed by atoms with Crippen molar-refractivity contribution in [1.29, 1.82) is 0 Å². The Morgan fingerprint density at radius 2 is 1.76 bits per heavy atom. The summed E-state index contributed by atoms with van der Waals surface area (Å²) in [5.74, 6) is -1.37. The molecule has 0 aliphatic carbocycles. The quantitative estimate of drug-likeness (QED) is 0.407. The summed E-state index contributed by atoms with van der Waals surface area (Å²) in [6, 6.07) is 16.1. The molecule has 1 fully saturated rings. The van der Waals surface area contributed by atoms with Crippen LogP contribution in [0, 0.1) is 5.82 Å². The molecule has 7 nitrogen and oxygen atoms in total. The first-order chi connectivity index (χ1) is 16.4. The van der Waals surface area contributed by atoms with E-state index in [1.165, 1.54) is 43.5 Å². The summed E-state index contributed by atoms with van der Waals surface area (Å²) in [6.07, 6.45) is 1.31. The fourth-order valence-electron chi connectivity index (χ4n) is 3.29. The number of imide groups is 2. The van der Waals surface area contributed by atoms with Gasteiger partial charge in [-0.25, -0.2) is 14.1 Å². The third-order valence-corrected chi connectivity index (χ3v) is 5.30. The number of urea groups is 1. The van der Waals surface area contributed by atoms with Gasteiger partial charge in [-0.15, -0.1) is 0 Å². The van der Waals surface area contributed by atoms with Crippen LogP contribution < -0.4 is 19.7 Å². The van der Waals surface area contributed by atoms with Gasteiger partial charge in [-0.05, 0) is 48.5 Å². The van der Waals surface area contributed by atoms with Crippen LogP contribution in [0.1, 0.15) is 11.1 Å². The molecule has 0 unspecified atom stereocenters. The Hall–Kier alpha value is -4.17. The Morgan fingerprint density at radius 1 is 1.03 bits per heavy atom. The summed E-state index contributed by atoms with van der Waals surface area (Å²) in [6.45, 7) is -0.0917. The maximum Gasteiger partial charge on any atom is 0.335 e. The highest BCUT2D eigenvalue weighted by Gasteiger charge is 2.37. The van der Waals surface area contributed by atoms with E-state index < -0.39 is 23.7 Å². The van der Waals surface area contributed by atoms with Crippen molar-refractivity contribution in [1.82, 2.24) is 5.32 Å². The van der Waals surface area contributed by atoms with Gasteiger partial charge in [0.1, 0.15) is 29.5 Å². The van der Waals surface area contributed by atoms with E-state index in [1.54, 1.807) is 36.4 Å². The summed E-state index contributed by atoms with van der Waals surface area (Å²) < 4.78 is 25.1. The molecule has 0 saturated carbocycles. The maximum atomic E-state index is 14.0. The first kappa shape index (κ1) is 23.0. The van der Waals surface area contributed by atoms with Crippen molar-refractivity contribution in [3.05, 3.63) is 94.3 Å². The minimum absolute atomic E-state index is 0.0917. The van der Waals surface area contributed by atoms with Crippen LogP contribution in [-0.4, -0.2) is 25.0 Å². The van der Waals surface area contributed by atoms with E-state index in [0.29, 0.717) is 21.9 Å². The van der Waals surface area contributed by atoms with E-state index in [9.17, 15) is 18.8 Å². The smallest absolute Gasteiger partial charge is 0.335 e. The molecule has 9 heteroatoms. The van der Waals surface area contributed by atoms with Gasteiger partial charge in [-0.1, -0.05) is 29.8 Å². The molecule has 0 radical (unpaired) electrons. The highest BCUT2D eigenvalue weighted by Crippen LogP contribution is 2.30. The Morgan fingerprint density at radius 3 is 2.47 bits per heavy atom. The Balaban J connectivity index is 1.69. The van der Waals surface area contributed by atoms with Crippen LogP contribution in [0.5, 0.6) is 11.5 Å². The molecule has 0 bridgehead atoms. The third-order valence-electron chi connectivity index (χ3n) is 5.05. The van der Waals surface area contributed by atoms with E-state index in [4.69, 9.17) is 21.1 Å². The van der Waals surface area contributed by atoms with Crippen LogP contribution in [0.2, 0.25) is 5.02 Å². The first-order valence-corrected chi connectivity index (χ1v) is 10.5. The number of methoxy groups -OCH3 is 1. The zero-order valence-electron chi connectivity index (χ0n) is 17.9. The summed E-state index contributed by atoms with van der Waals surface area (Å²) in [5.41, 5.74) is 0.655. The number of carbonyl (C=O) groups excluding carboxylic acids is 3. The lowest BCUT2D eigenvalue weighted by atomic mass is 10.1. The first-order valence-electron chi connectivity index (χ1n) is 10.1. The number of amides is 4. The van der Waals surface area contributed by atoms with Crippen molar-refractivity contribution < 1.29 is 28.2 Å². The molecular weight excluding hydrogens is 463 g/mol. The number of benzene rings is 3. The van der Waals surface area contributed by atoms with Gasteiger partial charge in [0.05, 0.1) is 12.8 Å². The SMILES string of the molecule is COc1ccc(/C=C2\C(=O)NC(=O)N(c3ccc(Cl)cc3)C2=O)c(OCc2ccccc2F)c1. The monoisotopic (exact) mass is 480 g/mol. The molecule has 172 valence electrons. The third kappa shape index (κ3) is 4.77. The number of rotatable bonds is 6. The normalized spacial score (nSPS) is 14.9. The highest BCUT2D eigenvalue weighted by molar-refractivity contribution is 6.39. The van der Waals surface area contributed by atoms with Crippen LogP contribution >= 0.6 is 11.6 Å². The fourth-order valence-corrected chi connectivity index (χ4v) is 3.42. The van der Waals surface area contributed by atoms with E-state index in [0.717, 1.165) is 4.90 Å². The van der Waals surface area contributed by atoms with Gasteiger partial charge in [0, 0.05) is 22.2 Å². The number of hydrogen-bond donors (Lipinski definition) is 1. The number of halogens is 2. The molecule has 0 atom stereocenters. The number of nitrogens with one attached hydrogen (secondary N) is 1. The maximum absolute atomic E-state index is 14.0. The number of carbonyl (C=O) groups is 3. The second-order valence-corrected chi connectivity index (χ2v) is 7.65. The Labute approximate surface area is 199 Å². The molecule has 34 heavy (non-hydrogen) atoms. The standard InChI is InChI=1S/C25H18ClFN2O5/c1-33-19-11-6-15(22(13-19)34-14-16-4-2-3-5-21(16)27)12-20-23(30)28-25(32)29(24(20)31)18-9-7-17(26)8-10-18/h2-13H,14H2,1H3,(H,28,30,32)/b20-12+. The molecule has 3 aromatic carbocycles. The van der Waals surface area contributed by atoms with Crippen LogP contribution in [-0.2, 0) is 16.2 Å². The minimum atomic E-state index is -0.875. The number of nitrogens with zero attached hydrogens (tertiary/aromatic N) is 1. The van der Waals surface area contributed by atoms with E-state index >= 15 is 0 Å². The number of ether oxygens (including phenoxy) is 2. The van der Waals surface area contributed by atoms with Crippen molar-refractivity contribution in [2.45, 2.75) is 6.61 Å². The van der Waals surface area contributed by atoms with Crippen molar-refractivity contribution >= 4 is 41.2 Å². The van der Waals surface area contributed by atoms with E-state index in [-0.39, 0.29) is 23.6 Å². The topological polar surface area (TPSA) is 84.9 Å². The molecule has 3 aromatic rings. The second-order valence-electron chi connectivity index (χ2n) is 7.22. The van der Waals surface area contributed by atoms with Gasteiger partial charge in [0.2, 0.25) is 0 Å². The van der Waals surface area contributed by atoms with Gasteiger partial charge in [0.25, 0.3) is 11.8 Å². The molecule has 1 heterocycles. The lowest BCUT2D eigenvalue weighted by Gasteiger charge is -2.26. The Kier molecular flexibility index (Phi) is 6.60. The predicted molar refractivity (Wildman–Crippen MR) is 124 cm³/mol. The van der Waals surface area contributed by atoms with E-state index in [2.05, 4.69) is 5.32 Å². The fraction of sp³-hybridized carbons (Fsp3) is 0.0800. The average molecular weight is 481 g/mol. The molecule has 4 rings (SSSR count). The lowest BCUT2D eigenvalue weighted by Crippen LogP contribution is -2.54. The van der Waals surface area contributed by atoms with Crippen LogP contribution in [0.4, 0.5) is 14.9 Å². The van der Waals surface area contributed by atoms with Crippen LogP contribution in [0.15, 0.2) is 72.3 Å².